The van der Waals surface area contributed by atoms with Crippen LogP contribution in [0.5, 0.6) is 5.75 Å². The van der Waals surface area contributed by atoms with Gasteiger partial charge in [0, 0.05) is 25.2 Å². The van der Waals surface area contributed by atoms with Gasteiger partial charge in [0.2, 0.25) is 0 Å². The Balaban J connectivity index is 1.86. The summed E-state index contributed by atoms with van der Waals surface area (Å²) in [6, 6.07) is 8.02. The van der Waals surface area contributed by atoms with Crippen molar-refractivity contribution < 1.29 is 14.6 Å². The predicted octanol–water partition coefficient (Wildman–Crippen LogP) is 1.99. The van der Waals surface area contributed by atoms with Gasteiger partial charge in [0.25, 0.3) is 0 Å². The Bertz CT molecular complexity index is 413. The number of likely N-dealkylation sites (tertiary alicyclic amines) is 1. The number of para-hydroxylation sites is 1. The van der Waals surface area contributed by atoms with E-state index in [-0.39, 0.29) is 6.42 Å². The van der Waals surface area contributed by atoms with Gasteiger partial charge in [0.1, 0.15) is 5.75 Å². The highest BCUT2D eigenvalue weighted by Gasteiger charge is 2.28. The van der Waals surface area contributed by atoms with E-state index in [1.165, 1.54) is 5.56 Å². The summed E-state index contributed by atoms with van der Waals surface area (Å²) in [4.78, 5) is 12.8. The third-order valence-electron chi connectivity index (χ3n) is 3.16. The Morgan fingerprint density at radius 2 is 2.17 bits per heavy atom. The van der Waals surface area contributed by atoms with Crippen LogP contribution in [-0.4, -0.2) is 35.7 Å². The number of benzene rings is 1. The molecule has 0 bridgehead atoms. The molecular weight excluding hydrogens is 230 g/mol. The standard InChI is InChI=1S/C14H19NO3/c1-2-18-13-6-4-3-5-12(13)10-15-8-11(9-15)7-14(16)17/h3-6,11H,2,7-10H2,1H3,(H,16,17). The van der Waals surface area contributed by atoms with E-state index in [0.717, 1.165) is 25.4 Å². The van der Waals surface area contributed by atoms with Crippen LogP contribution in [-0.2, 0) is 11.3 Å². The average Bonchev–Trinajstić information content (AvgIpc) is 2.28. The monoisotopic (exact) mass is 249 g/mol. The normalized spacial score (nSPS) is 16.3. The van der Waals surface area contributed by atoms with Gasteiger partial charge < -0.3 is 9.84 Å². The number of carboxylic acid groups (broad SMARTS) is 1. The lowest BCUT2D eigenvalue weighted by Crippen LogP contribution is -2.46. The molecular formula is C14H19NO3. The minimum Gasteiger partial charge on any atom is -0.494 e. The Labute approximate surface area is 107 Å². The number of aliphatic carboxylic acids is 1. The molecule has 0 amide bonds. The quantitative estimate of drug-likeness (QED) is 0.837. The molecule has 2 rings (SSSR count). The van der Waals surface area contributed by atoms with Crippen LogP contribution >= 0.6 is 0 Å². The van der Waals surface area contributed by atoms with E-state index in [2.05, 4.69) is 11.0 Å². The first-order valence-corrected chi connectivity index (χ1v) is 6.34. The van der Waals surface area contributed by atoms with Crippen molar-refractivity contribution in [1.29, 1.82) is 0 Å². The van der Waals surface area contributed by atoms with E-state index in [1.807, 2.05) is 25.1 Å². The smallest absolute Gasteiger partial charge is 0.303 e. The van der Waals surface area contributed by atoms with Gasteiger partial charge in [-0.05, 0) is 18.9 Å². The number of hydrogen-bond acceptors (Lipinski definition) is 3. The van der Waals surface area contributed by atoms with Gasteiger partial charge in [-0.25, -0.2) is 0 Å². The van der Waals surface area contributed by atoms with E-state index < -0.39 is 5.97 Å². The SMILES string of the molecule is CCOc1ccccc1CN1CC(CC(=O)O)C1. The minimum absolute atomic E-state index is 0.281. The molecule has 1 fully saturated rings. The molecule has 4 nitrogen and oxygen atoms in total. The molecule has 18 heavy (non-hydrogen) atoms. The third-order valence-corrected chi connectivity index (χ3v) is 3.16. The summed E-state index contributed by atoms with van der Waals surface area (Å²) in [7, 11) is 0. The lowest BCUT2D eigenvalue weighted by atomic mass is 9.95. The maximum Gasteiger partial charge on any atom is 0.303 e. The van der Waals surface area contributed by atoms with Crippen LogP contribution in [0.25, 0.3) is 0 Å². The largest absolute Gasteiger partial charge is 0.494 e. The maximum absolute atomic E-state index is 10.6. The number of nitrogens with zero attached hydrogens (tertiary/aromatic N) is 1. The molecule has 0 aromatic heterocycles. The highest BCUT2D eigenvalue weighted by molar-refractivity contribution is 5.67. The van der Waals surface area contributed by atoms with E-state index in [4.69, 9.17) is 9.84 Å². The molecule has 4 heteroatoms. The summed E-state index contributed by atoms with van der Waals surface area (Å²) >= 11 is 0. The van der Waals surface area contributed by atoms with Gasteiger partial charge in [-0.15, -0.1) is 0 Å². The van der Waals surface area contributed by atoms with E-state index in [1.54, 1.807) is 0 Å². The van der Waals surface area contributed by atoms with Crippen molar-refractivity contribution in [3.05, 3.63) is 29.8 Å². The van der Waals surface area contributed by atoms with Gasteiger partial charge in [0.05, 0.1) is 13.0 Å². The van der Waals surface area contributed by atoms with Crippen LogP contribution in [0.1, 0.15) is 18.9 Å². The average molecular weight is 249 g/mol. The van der Waals surface area contributed by atoms with Gasteiger partial charge in [-0.3, -0.25) is 9.69 Å². The number of carboxylic acids is 1. The molecule has 1 N–H and O–H groups in total. The number of ether oxygens (including phenoxy) is 1. The summed E-state index contributed by atoms with van der Waals surface area (Å²) in [5.74, 6) is 0.540. The Morgan fingerprint density at radius 3 is 2.83 bits per heavy atom. The number of rotatable bonds is 6. The van der Waals surface area contributed by atoms with Crippen molar-refractivity contribution in [2.24, 2.45) is 5.92 Å². The van der Waals surface area contributed by atoms with E-state index >= 15 is 0 Å². The molecule has 1 heterocycles. The van der Waals surface area contributed by atoms with E-state index in [0.29, 0.717) is 12.5 Å². The van der Waals surface area contributed by atoms with Crippen LogP contribution in [0, 0.1) is 5.92 Å². The van der Waals surface area contributed by atoms with Crippen molar-refractivity contribution in [3.8, 4) is 5.75 Å². The number of hydrogen-bond donors (Lipinski definition) is 1. The second-order valence-electron chi connectivity index (χ2n) is 4.70. The zero-order valence-corrected chi connectivity index (χ0v) is 10.6. The molecule has 0 saturated carbocycles. The second-order valence-corrected chi connectivity index (χ2v) is 4.70. The molecule has 1 aliphatic rings. The summed E-state index contributed by atoms with van der Waals surface area (Å²) < 4.78 is 5.58. The molecule has 0 atom stereocenters. The highest BCUT2D eigenvalue weighted by Crippen LogP contribution is 2.25. The van der Waals surface area contributed by atoms with Crippen LogP contribution in [0.2, 0.25) is 0 Å². The summed E-state index contributed by atoms with van der Waals surface area (Å²) in [6.45, 7) is 5.22. The Hall–Kier alpha value is -1.55. The highest BCUT2D eigenvalue weighted by atomic mass is 16.5. The zero-order chi connectivity index (χ0) is 13.0. The molecule has 0 aliphatic carbocycles. The molecule has 1 aromatic carbocycles. The van der Waals surface area contributed by atoms with Crippen molar-refractivity contribution in [3.63, 3.8) is 0 Å². The fourth-order valence-electron chi connectivity index (χ4n) is 2.35. The van der Waals surface area contributed by atoms with Crippen LogP contribution in [0.15, 0.2) is 24.3 Å². The summed E-state index contributed by atoms with van der Waals surface area (Å²) in [5.41, 5.74) is 1.17. The van der Waals surface area contributed by atoms with Gasteiger partial charge in [0.15, 0.2) is 0 Å². The fourth-order valence-corrected chi connectivity index (χ4v) is 2.35. The Morgan fingerprint density at radius 1 is 1.44 bits per heavy atom. The minimum atomic E-state index is -0.700. The number of carbonyl (C=O) groups is 1. The first-order valence-electron chi connectivity index (χ1n) is 6.34. The molecule has 1 aromatic rings. The lowest BCUT2D eigenvalue weighted by Gasteiger charge is -2.38. The zero-order valence-electron chi connectivity index (χ0n) is 10.6. The molecule has 0 radical (unpaired) electrons. The molecule has 98 valence electrons. The lowest BCUT2D eigenvalue weighted by molar-refractivity contribution is -0.139. The van der Waals surface area contributed by atoms with Crippen LogP contribution in [0.4, 0.5) is 0 Å². The first kappa shape index (κ1) is 12.9. The molecule has 0 spiro atoms. The van der Waals surface area contributed by atoms with Gasteiger partial charge in [-0.1, -0.05) is 18.2 Å². The molecule has 0 unspecified atom stereocenters. The maximum atomic E-state index is 10.6. The molecule has 1 aliphatic heterocycles. The van der Waals surface area contributed by atoms with Crippen molar-refractivity contribution >= 4 is 5.97 Å². The topological polar surface area (TPSA) is 49.8 Å². The first-order chi connectivity index (χ1) is 8.69. The van der Waals surface area contributed by atoms with Crippen molar-refractivity contribution in [2.45, 2.75) is 19.9 Å². The summed E-state index contributed by atoms with van der Waals surface area (Å²) in [5, 5.41) is 8.70. The predicted molar refractivity (Wildman–Crippen MR) is 68.6 cm³/mol. The molecule has 1 saturated heterocycles. The van der Waals surface area contributed by atoms with Crippen LogP contribution < -0.4 is 4.74 Å². The van der Waals surface area contributed by atoms with Crippen molar-refractivity contribution in [1.82, 2.24) is 4.90 Å². The third kappa shape index (κ3) is 3.23. The van der Waals surface area contributed by atoms with Gasteiger partial charge >= 0.3 is 5.97 Å². The fraction of sp³-hybridized carbons (Fsp3) is 0.500. The van der Waals surface area contributed by atoms with Gasteiger partial charge in [-0.2, -0.15) is 0 Å². The summed E-state index contributed by atoms with van der Waals surface area (Å²) in [6.07, 6.45) is 0.281. The second kappa shape index (κ2) is 5.87. The van der Waals surface area contributed by atoms with Crippen LogP contribution in [0.3, 0.4) is 0 Å². The van der Waals surface area contributed by atoms with Crippen molar-refractivity contribution in [2.75, 3.05) is 19.7 Å². The van der Waals surface area contributed by atoms with E-state index in [9.17, 15) is 4.79 Å². The Kier molecular flexibility index (Phi) is 4.20.